The summed E-state index contributed by atoms with van der Waals surface area (Å²) in [6.45, 7) is 9.02. The molecule has 0 nitrogen and oxygen atoms in total. The molecular formula is C36H34Br2SiZr. The summed E-state index contributed by atoms with van der Waals surface area (Å²) < 4.78 is 2.24. The maximum absolute atomic E-state index is 3.48. The second-order valence-electron chi connectivity index (χ2n) is 10.1. The van der Waals surface area contributed by atoms with E-state index < -0.39 is 0 Å². The first kappa shape index (κ1) is 31.1. The monoisotopic (exact) mass is 742 g/mol. The molecule has 0 aromatic heterocycles. The van der Waals surface area contributed by atoms with E-state index in [1.54, 1.807) is 23.3 Å². The van der Waals surface area contributed by atoms with Crippen LogP contribution in [-0.4, -0.2) is 5.43 Å². The van der Waals surface area contributed by atoms with Crippen molar-refractivity contribution in [1.82, 2.24) is 0 Å². The zero-order valence-corrected chi connectivity index (χ0v) is 30.2. The molecule has 0 amide bonds. The van der Waals surface area contributed by atoms with Crippen molar-refractivity contribution in [3.05, 3.63) is 129 Å². The second-order valence-corrected chi connectivity index (χ2v) is 21.3. The summed E-state index contributed by atoms with van der Waals surface area (Å²) in [7, 11) is 0. The average molecular weight is 746 g/mol. The Morgan fingerprint density at radius 3 is 1.27 bits per heavy atom. The molecule has 0 unspecified atom stereocenters. The fraction of sp³-hybridized carbons (Fsp3) is 0.167. The normalized spacial score (nSPS) is 10.6. The van der Waals surface area contributed by atoms with Crippen LogP contribution in [0.5, 0.6) is 0 Å². The molecule has 0 N–H and O–H groups in total. The molecule has 0 spiro atoms. The molecule has 6 aromatic rings. The Balaban J connectivity index is 0.000000164. The van der Waals surface area contributed by atoms with E-state index in [2.05, 4.69) is 168 Å². The van der Waals surface area contributed by atoms with Crippen LogP contribution in [-0.2, 0) is 36.2 Å². The van der Waals surface area contributed by atoms with E-state index in [9.17, 15) is 0 Å². The van der Waals surface area contributed by atoms with Crippen molar-refractivity contribution in [2.45, 2.75) is 39.8 Å². The molecule has 0 radical (unpaired) electrons. The first-order valence-corrected chi connectivity index (χ1v) is 21.5. The van der Waals surface area contributed by atoms with Gasteiger partial charge in [-0.3, -0.25) is 0 Å². The molecule has 4 heteroatoms. The molecule has 0 fully saturated rings. The molecule has 0 atom stereocenters. The van der Waals surface area contributed by atoms with Crippen molar-refractivity contribution < 1.29 is 23.3 Å². The number of benzene rings is 4. The first-order chi connectivity index (χ1) is 19.3. The molecule has 0 aliphatic rings. The van der Waals surface area contributed by atoms with E-state index >= 15 is 0 Å². The third kappa shape index (κ3) is 8.13. The Labute approximate surface area is 271 Å². The first-order valence-electron chi connectivity index (χ1n) is 13.7. The van der Waals surface area contributed by atoms with Crippen molar-refractivity contribution in [3.8, 4) is 22.3 Å². The van der Waals surface area contributed by atoms with E-state index in [1.807, 2.05) is 0 Å². The van der Waals surface area contributed by atoms with Crippen LogP contribution in [0.25, 0.3) is 43.8 Å². The van der Waals surface area contributed by atoms with Gasteiger partial charge in [0, 0.05) is 8.95 Å². The van der Waals surface area contributed by atoms with Crippen LogP contribution in [0.15, 0.2) is 118 Å². The van der Waals surface area contributed by atoms with Crippen molar-refractivity contribution in [2.75, 3.05) is 0 Å². The van der Waals surface area contributed by atoms with Crippen LogP contribution < -0.4 is 0 Å². The van der Waals surface area contributed by atoms with Crippen LogP contribution in [0.2, 0.25) is 13.1 Å². The summed E-state index contributed by atoms with van der Waals surface area (Å²) in [6.07, 6.45) is 2.18. The van der Waals surface area contributed by atoms with E-state index in [-0.39, 0.29) is 5.43 Å². The summed E-state index contributed by atoms with van der Waals surface area (Å²) in [5, 5.41) is 5.40. The van der Waals surface area contributed by atoms with Gasteiger partial charge in [0.2, 0.25) is 0 Å². The molecular weight excluding hydrogens is 712 g/mol. The van der Waals surface area contributed by atoms with Crippen LogP contribution in [0.4, 0.5) is 0 Å². The Morgan fingerprint density at radius 1 is 0.600 bits per heavy atom. The van der Waals surface area contributed by atoms with Crippen molar-refractivity contribution in [1.29, 1.82) is 0 Å². The zero-order valence-electron chi connectivity index (χ0n) is 23.6. The molecule has 0 aliphatic carbocycles. The molecule has 6 rings (SSSR count). The van der Waals surface area contributed by atoms with Crippen LogP contribution >= 0.6 is 31.9 Å². The topological polar surface area (TPSA) is 0 Å². The molecule has 6 aromatic carbocycles. The minimum atomic E-state index is 0.210. The number of hydrogen-bond donors (Lipinski definition) is 0. The number of aryl methyl sites for hydroxylation is 2. The summed E-state index contributed by atoms with van der Waals surface area (Å²) in [4.78, 5) is 0. The number of halogens is 2. The van der Waals surface area contributed by atoms with Gasteiger partial charge in [-0.1, -0.05) is 93.2 Å². The fourth-order valence-corrected chi connectivity index (χ4v) is 5.29. The maximum atomic E-state index is 3.48. The molecule has 0 saturated carbocycles. The molecule has 0 bridgehead atoms. The summed E-state index contributed by atoms with van der Waals surface area (Å²) >= 11 is 8.70. The van der Waals surface area contributed by atoms with E-state index in [0.29, 0.717) is 0 Å². The SMILES string of the molecule is CCc1cc2c(-c3ccc(Br)cc3)cccc2[cH-]1.CCc1cc2c(-c3ccc(Br)cc3)cccc2[cH-]1.C[Si](C)=[Zr+2]. The molecule has 0 heterocycles. The molecule has 0 aliphatic heterocycles. The molecule has 40 heavy (non-hydrogen) atoms. The fourth-order valence-electron chi connectivity index (χ4n) is 4.76. The zero-order chi connectivity index (χ0) is 28.6. The van der Waals surface area contributed by atoms with E-state index in [1.165, 1.54) is 54.9 Å². The summed E-state index contributed by atoms with van der Waals surface area (Å²) in [5.41, 5.74) is 8.22. The Morgan fingerprint density at radius 2 is 0.950 bits per heavy atom. The van der Waals surface area contributed by atoms with Crippen LogP contribution in [0.1, 0.15) is 25.0 Å². The van der Waals surface area contributed by atoms with Crippen molar-refractivity contribution in [2.24, 2.45) is 0 Å². The Bertz CT molecular complexity index is 1580. The van der Waals surface area contributed by atoms with Gasteiger partial charge in [-0.05, 0) is 48.2 Å². The third-order valence-corrected chi connectivity index (χ3v) is 7.81. The van der Waals surface area contributed by atoms with Crippen LogP contribution in [0.3, 0.4) is 0 Å². The van der Waals surface area contributed by atoms with E-state index in [0.717, 1.165) is 21.8 Å². The van der Waals surface area contributed by atoms with Gasteiger partial charge in [0.1, 0.15) is 0 Å². The predicted octanol–water partition coefficient (Wildman–Crippen LogP) is 11.9. The molecule has 0 saturated heterocycles. The number of hydrogen-bond acceptors (Lipinski definition) is 0. The Kier molecular flexibility index (Phi) is 11.6. The molecule has 200 valence electrons. The van der Waals surface area contributed by atoms with Gasteiger partial charge in [-0.15, -0.1) is 69.1 Å². The quantitative estimate of drug-likeness (QED) is 0.125. The van der Waals surface area contributed by atoms with Gasteiger partial charge in [0.05, 0.1) is 0 Å². The van der Waals surface area contributed by atoms with Crippen molar-refractivity contribution in [3.63, 3.8) is 0 Å². The van der Waals surface area contributed by atoms with Gasteiger partial charge in [0.15, 0.2) is 0 Å². The van der Waals surface area contributed by atoms with Gasteiger partial charge >= 0.3 is 41.9 Å². The Hall–Kier alpha value is -1.84. The van der Waals surface area contributed by atoms with E-state index in [4.69, 9.17) is 0 Å². The standard InChI is InChI=1S/2C17H14Br.C2H6Si.Zr/c2*1-2-12-10-14-4-3-5-16(17(14)11-12)13-6-8-15(18)9-7-13;1-3-2;/h2*3-11H,2H2,1H3;1-2H3;/q2*-1;;+2. The average Bonchev–Trinajstić information content (AvgIpc) is 3.58. The van der Waals surface area contributed by atoms with Crippen molar-refractivity contribution >= 4 is 58.8 Å². The van der Waals surface area contributed by atoms with Crippen LogP contribution in [0, 0.1) is 0 Å². The summed E-state index contributed by atoms with van der Waals surface area (Å²) in [5.74, 6) is 0. The van der Waals surface area contributed by atoms with Gasteiger partial charge < -0.3 is 0 Å². The number of fused-ring (bicyclic) bond motifs is 2. The minimum absolute atomic E-state index is 0.210. The number of rotatable bonds is 4. The van der Waals surface area contributed by atoms with Gasteiger partial charge in [-0.2, -0.15) is 12.1 Å². The summed E-state index contributed by atoms with van der Waals surface area (Å²) in [6, 6.07) is 39.3. The second kappa shape index (κ2) is 14.9. The predicted molar refractivity (Wildman–Crippen MR) is 182 cm³/mol. The van der Waals surface area contributed by atoms with Gasteiger partial charge in [-0.25, -0.2) is 0 Å². The van der Waals surface area contributed by atoms with Gasteiger partial charge in [0.25, 0.3) is 0 Å². The third-order valence-electron chi connectivity index (χ3n) is 6.75.